The molecule has 0 aliphatic rings. The van der Waals surface area contributed by atoms with Crippen molar-refractivity contribution in [2.24, 2.45) is 10.2 Å². The molecule has 0 aliphatic carbocycles. The van der Waals surface area contributed by atoms with Gasteiger partial charge in [-0.1, -0.05) is 30.3 Å². The number of nitrogens with zero attached hydrogens (tertiary/aromatic N) is 8. The van der Waals surface area contributed by atoms with Crippen molar-refractivity contribution in [1.82, 2.24) is 24.9 Å². The van der Waals surface area contributed by atoms with Crippen LogP contribution in [0, 0.1) is 54.4 Å². The van der Waals surface area contributed by atoms with Gasteiger partial charge in [0.15, 0.2) is 5.75 Å². The van der Waals surface area contributed by atoms with Crippen LogP contribution in [0.4, 0.5) is 34.8 Å². The smallest absolute Gasteiger partial charge is 0.232 e. The molecule has 4 N–H and O–H groups in total. The first kappa shape index (κ1) is 48.5. The molecule has 6 aromatic rings. The van der Waals surface area contributed by atoms with Gasteiger partial charge >= 0.3 is 0 Å². The molecule has 1 unspecified atom stereocenters. The van der Waals surface area contributed by atoms with Gasteiger partial charge in [0.2, 0.25) is 11.9 Å². The standard InChI is InChI=1S/C34H31N11O10S3.3CH3/c1-16(37-32-24(14-35)17(2)38-18(3)39-32)15-36-33-40-19(4)41-34(43-33)42-26-13-22(56(47,48)49)11-21-12-27(57(50,51)52)29(30(46)28(21)26)45-44-25-10-9-20-7-5-6-8-23(20)31(25)58(53,54)55;;;/h5-13,16,46H,15H2,1-4H3,(H,37,38,39)(H,47,48,49)(H,50,51,52)(H,53,54,55)(H2,36,40,41,42,43);3*1H3/q;3*+1/p-3. The van der Waals surface area contributed by atoms with Gasteiger partial charge in [0.25, 0.3) is 0 Å². The van der Waals surface area contributed by atoms with Crippen LogP contribution in [-0.4, -0.2) is 81.5 Å². The molecule has 0 fully saturated rings. The summed E-state index contributed by atoms with van der Waals surface area (Å²) < 4.78 is 111. The molecule has 4 aromatic carbocycles. The fourth-order valence-corrected chi connectivity index (χ4v) is 7.88. The first-order chi connectivity index (χ1) is 27.1. The maximum atomic E-state index is 12.5. The molecule has 0 spiro atoms. The van der Waals surface area contributed by atoms with Crippen molar-refractivity contribution in [3.05, 3.63) is 99.8 Å². The number of nitriles is 1. The molecule has 0 bridgehead atoms. The van der Waals surface area contributed by atoms with E-state index >= 15 is 0 Å². The number of aryl methyl sites for hydroxylation is 3. The van der Waals surface area contributed by atoms with E-state index in [1.807, 2.05) is 0 Å². The lowest BCUT2D eigenvalue weighted by atomic mass is 10.1. The van der Waals surface area contributed by atoms with E-state index in [4.69, 9.17) is 0 Å². The van der Waals surface area contributed by atoms with Gasteiger partial charge in [0.05, 0.1) is 26.1 Å². The van der Waals surface area contributed by atoms with Crippen molar-refractivity contribution in [2.45, 2.75) is 48.4 Å². The number of anilines is 4. The number of phenolic OH excluding ortho intramolecular Hbond substituents is 1. The van der Waals surface area contributed by atoms with E-state index in [-0.39, 0.29) is 63.5 Å². The van der Waals surface area contributed by atoms with Crippen molar-refractivity contribution < 1.29 is 44.0 Å². The van der Waals surface area contributed by atoms with Crippen LogP contribution in [0.15, 0.2) is 79.5 Å². The number of aromatic nitrogens is 5. The van der Waals surface area contributed by atoms with Crippen molar-refractivity contribution in [2.75, 3.05) is 22.5 Å². The average molecular weight is 892 g/mol. The summed E-state index contributed by atoms with van der Waals surface area (Å²) in [6.45, 7) is 6.79. The molecule has 6 rings (SSSR count). The molecule has 24 heteroatoms. The SMILES string of the molecule is Cc1nc(NCC(C)Nc2nc(C)nc(C)c2C#N)nc(Nc2cc(S(=O)(=O)[O-])cc3cc(S(=O)(=O)[O-])c(N=Nc4ccc5ccccc5c4S(=O)(=O)[O-])c(O)c23)n1.[CH3+].[CH3+].[CH3+]. The van der Waals surface area contributed by atoms with Gasteiger partial charge in [0.1, 0.15) is 70.8 Å². The molecular weight excluding hydrogens is 855 g/mol. The number of nitrogens with one attached hydrogen (secondary N) is 3. The predicted octanol–water partition coefficient (Wildman–Crippen LogP) is 5.61. The maximum absolute atomic E-state index is 12.5. The number of rotatable bonds is 12. The summed E-state index contributed by atoms with van der Waals surface area (Å²) in [5.41, 5.74) is -1.23. The average Bonchev–Trinajstić information content (AvgIpc) is 3.11. The van der Waals surface area contributed by atoms with E-state index in [9.17, 15) is 49.3 Å². The number of benzene rings is 4. The lowest BCUT2D eigenvalue weighted by molar-refractivity contribution is 0.458. The van der Waals surface area contributed by atoms with E-state index in [0.717, 1.165) is 12.1 Å². The number of phenols is 1. The fraction of sp³-hybridized carbons (Fsp3) is 0.162. The largest absolute Gasteiger partial charge is 0.744 e. The van der Waals surface area contributed by atoms with Crippen molar-refractivity contribution in [3.63, 3.8) is 0 Å². The normalized spacial score (nSPS) is 12.2. The quantitative estimate of drug-likeness (QED) is 0.0659. The maximum Gasteiger partial charge on any atom is 0.232 e. The second-order valence-corrected chi connectivity index (χ2v) is 16.7. The fourth-order valence-electron chi connectivity index (χ4n) is 5.88. The second kappa shape index (κ2) is 18.2. The Morgan fingerprint density at radius 2 is 1.44 bits per heavy atom. The van der Waals surface area contributed by atoms with Crippen LogP contribution in [0.25, 0.3) is 21.5 Å². The third-order valence-electron chi connectivity index (χ3n) is 8.30. The zero-order valence-corrected chi connectivity index (χ0v) is 35.9. The summed E-state index contributed by atoms with van der Waals surface area (Å²) in [5.74, 6) is -0.466. The van der Waals surface area contributed by atoms with E-state index in [1.54, 1.807) is 26.8 Å². The van der Waals surface area contributed by atoms with Crippen LogP contribution in [-0.2, 0) is 30.4 Å². The summed E-state index contributed by atoms with van der Waals surface area (Å²) in [4.78, 5) is 18.2. The van der Waals surface area contributed by atoms with Gasteiger partial charge in [-0.3, -0.25) is 0 Å². The lowest BCUT2D eigenvalue weighted by Gasteiger charge is -2.19. The Morgan fingerprint density at radius 3 is 2.08 bits per heavy atom. The summed E-state index contributed by atoms with van der Waals surface area (Å²) in [6, 6.07) is 12.2. The number of hydrogen-bond donors (Lipinski definition) is 4. The summed E-state index contributed by atoms with van der Waals surface area (Å²) in [6.07, 6.45) is 0. The van der Waals surface area contributed by atoms with Gasteiger partial charge in [0, 0.05) is 45.6 Å². The summed E-state index contributed by atoms with van der Waals surface area (Å²) >= 11 is 0. The molecule has 61 heavy (non-hydrogen) atoms. The molecule has 0 radical (unpaired) electrons. The Morgan fingerprint density at radius 1 is 0.787 bits per heavy atom. The minimum absolute atomic E-state index is 0. The van der Waals surface area contributed by atoms with Gasteiger partial charge in [-0.25, -0.2) is 35.2 Å². The number of fused-ring (bicyclic) bond motifs is 2. The van der Waals surface area contributed by atoms with Gasteiger partial charge in [-0.2, -0.15) is 20.2 Å². The van der Waals surface area contributed by atoms with Crippen molar-refractivity contribution in [3.8, 4) is 11.8 Å². The Hall–Kier alpha value is -6.88. The minimum atomic E-state index is -5.56. The molecule has 0 aliphatic heterocycles. The molecule has 1 atom stereocenters. The number of azo groups is 1. The van der Waals surface area contributed by atoms with Crippen LogP contribution in [0.5, 0.6) is 5.75 Å². The number of hydrogen-bond acceptors (Lipinski definition) is 21. The van der Waals surface area contributed by atoms with Crippen LogP contribution >= 0.6 is 0 Å². The summed E-state index contributed by atoms with van der Waals surface area (Å²) in [5, 5.41) is 36.9. The Kier molecular flexibility index (Phi) is 14.4. The molecule has 0 saturated heterocycles. The zero-order valence-electron chi connectivity index (χ0n) is 33.4. The Balaban J connectivity index is 0.00000331. The van der Waals surface area contributed by atoms with Crippen LogP contribution < -0.4 is 16.0 Å². The van der Waals surface area contributed by atoms with E-state index in [1.165, 1.54) is 31.2 Å². The lowest BCUT2D eigenvalue weighted by Crippen LogP contribution is -2.27. The van der Waals surface area contributed by atoms with Gasteiger partial charge < -0.3 is 34.7 Å². The molecule has 2 aromatic heterocycles. The highest BCUT2D eigenvalue weighted by atomic mass is 32.2. The monoisotopic (exact) mass is 891 g/mol. The van der Waals surface area contributed by atoms with E-state index in [2.05, 4.69) is 57.2 Å². The molecule has 21 nitrogen and oxygen atoms in total. The highest BCUT2D eigenvalue weighted by molar-refractivity contribution is 7.86. The van der Waals surface area contributed by atoms with Crippen LogP contribution in [0.2, 0.25) is 0 Å². The highest BCUT2D eigenvalue weighted by Crippen LogP contribution is 2.46. The van der Waals surface area contributed by atoms with Crippen molar-refractivity contribution in [1.29, 1.82) is 5.26 Å². The van der Waals surface area contributed by atoms with Gasteiger partial charge in [-0.05, 0) is 62.7 Å². The molecule has 0 amide bonds. The third-order valence-corrected chi connectivity index (χ3v) is 10.9. The predicted molar refractivity (Wildman–Crippen MR) is 223 cm³/mol. The summed E-state index contributed by atoms with van der Waals surface area (Å²) in [7, 11) is -16.1. The minimum Gasteiger partial charge on any atom is -0.744 e. The van der Waals surface area contributed by atoms with Crippen LogP contribution in [0.3, 0.4) is 0 Å². The topological polar surface area (TPSA) is 341 Å². The Labute approximate surface area is 352 Å². The molecule has 0 saturated carbocycles. The molecule has 2 heterocycles. The first-order valence-electron chi connectivity index (χ1n) is 16.5. The zero-order chi connectivity index (χ0) is 42.3. The second-order valence-electron chi connectivity index (χ2n) is 12.6. The van der Waals surface area contributed by atoms with E-state index in [0.29, 0.717) is 34.9 Å². The molecular formula is C37H37N11O10S3. The Bertz CT molecular complexity index is 3090. The highest BCUT2D eigenvalue weighted by Gasteiger charge is 2.23. The first-order valence-corrected chi connectivity index (χ1v) is 20.8. The molecule has 318 valence electrons. The van der Waals surface area contributed by atoms with Gasteiger partial charge in [-0.15, -0.1) is 10.2 Å². The van der Waals surface area contributed by atoms with Crippen molar-refractivity contribution >= 4 is 86.7 Å². The number of aromatic hydroxyl groups is 1. The van der Waals surface area contributed by atoms with Crippen LogP contribution in [0.1, 0.15) is 29.8 Å². The van der Waals surface area contributed by atoms with E-state index < -0.39 is 78.6 Å². The third kappa shape index (κ3) is 10.5.